The highest BCUT2D eigenvalue weighted by molar-refractivity contribution is 9.10. The smallest absolute Gasteiger partial charge is 0.254 e. The van der Waals surface area contributed by atoms with Crippen LogP contribution in [0.5, 0.6) is 0 Å². The minimum absolute atomic E-state index is 0.0855. The second kappa shape index (κ2) is 6.33. The lowest BCUT2D eigenvalue weighted by Crippen LogP contribution is -2.24. The van der Waals surface area contributed by atoms with Crippen LogP contribution < -0.4 is 5.32 Å². The first kappa shape index (κ1) is 14.9. The average molecular weight is 358 g/mol. The zero-order valence-corrected chi connectivity index (χ0v) is 12.9. The van der Waals surface area contributed by atoms with Crippen molar-refractivity contribution in [2.75, 3.05) is 0 Å². The van der Waals surface area contributed by atoms with Crippen molar-refractivity contribution in [2.45, 2.75) is 13.5 Å². The summed E-state index contributed by atoms with van der Waals surface area (Å²) in [5.41, 5.74) is 1.51. The van der Waals surface area contributed by atoms with Gasteiger partial charge in [-0.25, -0.2) is 9.37 Å². The third-order valence-electron chi connectivity index (χ3n) is 2.67. The Bertz CT molecular complexity index is 664. The van der Waals surface area contributed by atoms with Crippen LogP contribution in [0, 0.1) is 12.7 Å². The predicted octanol–water partition coefficient (Wildman–Crippen LogP) is 3.88. The molecule has 0 aliphatic rings. The van der Waals surface area contributed by atoms with Crippen LogP contribution in [-0.4, -0.2) is 10.9 Å². The summed E-state index contributed by atoms with van der Waals surface area (Å²) in [6.45, 7) is 1.90. The van der Waals surface area contributed by atoms with Gasteiger partial charge < -0.3 is 5.32 Å². The van der Waals surface area contributed by atoms with Gasteiger partial charge in [-0.3, -0.25) is 4.79 Å². The second-order valence-corrected chi connectivity index (χ2v) is 5.54. The molecule has 1 amide bonds. The number of pyridine rings is 1. The summed E-state index contributed by atoms with van der Waals surface area (Å²) in [6, 6.07) is 6.31. The summed E-state index contributed by atoms with van der Waals surface area (Å²) >= 11 is 9.05. The van der Waals surface area contributed by atoms with E-state index < -0.39 is 0 Å². The first-order chi connectivity index (χ1) is 9.47. The molecular weight excluding hydrogens is 347 g/mol. The molecule has 6 heteroatoms. The maximum Gasteiger partial charge on any atom is 0.254 e. The van der Waals surface area contributed by atoms with Gasteiger partial charge >= 0.3 is 0 Å². The van der Waals surface area contributed by atoms with Gasteiger partial charge in [0, 0.05) is 22.8 Å². The highest BCUT2D eigenvalue weighted by Crippen LogP contribution is 2.16. The summed E-state index contributed by atoms with van der Waals surface area (Å²) in [5.74, 6) is -0.762. The third kappa shape index (κ3) is 3.55. The highest BCUT2D eigenvalue weighted by Gasteiger charge is 2.12. The summed E-state index contributed by atoms with van der Waals surface area (Å²) in [4.78, 5) is 15.9. The molecule has 0 aliphatic carbocycles. The Morgan fingerprint density at radius 2 is 2.20 bits per heavy atom. The van der Waals surface area contributed by atoms with Gasteiger partial charge in [0.15, 0.2) is 0 Å². The number of carbonyl (C=O) groups excluding carboxylic acids is 1. The molecule has 0 atom stereocenters. The number of nitrogens with zero attached hydrogens (tertiary/aromatic N) is 1. The molecule has 0 bridgehead atoms. The summed E-state index contributed by atoms with van der Waals surface area (Å²) < 4.78 is 14.3. The van der Waals surface area contributed by atoms with Crippen molar-refractivity contribution in [3.8, 4) is 0 Å². The molecule has 1 aromatic heterocycles. The van der Waals surface area contributed by atoms with E-state index in [9.17, 15) is 9.18 Å². The number of hydrogen-bond donors (Lipinski definition) is 1. The van der Waals surface area contributed by atoms with E-state index in [4.69, 9.17) is 11.6 Å². The van der Waals surface area contributed by atoms with Gasteiger partial charge in [-0.05, 0) is 30.7 Å². The Kier molecular flexibility index (Phi) is 4.73. The molecule has 2 aromatic rings. The fourth-order valence-corrected chi connectivity index (χ4v) is 2.17. The van der Waals surface area contributed by atoms with E-state index in [2.05, 4.69) is 26.2 Å². The molecular formula is C14H11BrClFN2O. The number of hydrogen-bond acceptors (Lipinski definition) is 2. The zero-order chi connectivity index (χ0) is 14.7. The van der Waals surface area contributed by atoms with Crippen LogP contribution in [-0.2, 0) is 6.54 Å². The molecule has 20 heavy (non-hydrogen) atoms. The maximum absolute atomic E-state index is 13.6. The number of benzene rings is 1. The molecule has 3 nitrogen and oxygen atoms in total. The van der Waals surface area contributed by atoms with Crippen molar-refractivity contribution in [3.05, 3.63) is 62.6 Å². The Hall–Kier alpha value is -1.46. The van der Waals surface area contributed by atoms with Crippen molar-refractivity contribution in [1.82, 2.24) is 10.3 Å². The number of aryl methyl sites for hydroxylation is 1. The number of nitrogens with one attached hydrogen (secondary N) is 1. The molecule has 1 aromatic carbocycles. The average Bonchev–Trinajstić information content (AvgIpc) is 2.40. The van der Waals surface area contributed by atoms with Gasteiger partial charge in [-0.2, -0.15) is 0 Å². The van der Waals surface area contributed by atoms with Crippen LogP contribution in [0.4, 0.5) is 4.39 Å². The number of aromatic nitrogens is 1. The monoisotopic (exact) mass is 356 g/mol. The third-order valence-corrected chi connectivity index (χ3v) is 3.47. The van der Waals surface area contributed by atoms with Crippen LogP contribution in [0.1, 0.15) is 21.5 Å². The first-order valence-electron chi connectivity index (χ1n) is 5.81. The lowest BCUT2D eigenvalue weighted by atomic mass is 10.2. The number of amides is 1. The van der Waals surface area contributed by atoms with Crippen LogP contribution in [0.2, 0.25) is 5.15 Å². The molecule has 0 saturated heterocycles. The quantitative estimate of drug-likeness (QED) is 0.847. The van der Waals surface area contributed by atoms with Crippen molar-refractivity contribution in [1.29, 1.82) is 0 Å². The minimum Gasteiger partial charge on any atom is -0.348 e. The zero-order valence-electron chi connectivity index (χ0n) is 10.6. The number of carbonyl (C=O) groups is 1. The SMILES string of the molecule is Cc1cnc(Cl)c(C(=O)NCc2ccc(Br)cc2F)c1. The maximum atomic E-state index is 13.6. The van der Waals surface area contributed by atoms with Gasteiger partial charge in [0.2, 0.25) is 0 Å². The van der Waals surface area contributed by atoms with Crippen molar-refractivity contribution in [2.24, 2.45) is 0 Å². The van der Waals surface area contributed by atoms with E-state index in [1.165, 1.54) is 6.07 Å². The van der Waals surface area contributed by atoms with Crippen LogP contribution in [0.15, 0.2) is 34.9 Å². The molecule has 1 N–H and O–H groups in total. The Morgan fingerprint density at radius 1 is 1.45 bits per heavy atom. The van der Waals surface area contributed by atoms with E-state index in [-0.39, 0.29) is 29.0 Å². The molecule has 104 valence electrons. The van der Waals surface area contributed by atoms with Gasteiger partial charge in [0.25, 0.3) is 5.91 Å². The normalized spacial score (nSPS) is 10.4. The van der Waals surface area contributed by atoms with Gasteiger partial charge in [-0.1, -0.05) is 33.6 Å². The van der Waals surface area contributed by atoms with E-state index >= 15 is 0 Å². The van der Waals surface area contributed by atoms with Crippen LogP contribution in [0.3, 0.4) is 0 Å². The molecule has 0 fully saturated rings. The fraction of sp³-hybridized carbons (Fsp3) is 0.143. The van der Waals surface area contributed by atoms with Gasteiger partial charge in [0.1, 0.15) is 11.0 Å². The Balaban J connectivity index is 2.10. The lowest BCUT2D eigenvalue weighted by molar-refractivity contribution is 0.0950. The number of rotatable bonds is 3. The largest absolute Gasteiger partial charge is 0.348 e. The molecule has 0 aliphatic heterocycles. The minimum atomic E-state index is -0.381. The number of halogens is 3. The molecule has 2 rings (SSSR count). The van der Waals surface area contributed by atoms with Crippen LogP contribution in [0.25, 0.3) is 0 Å². The van der Waals surface area contributed by atoms with Crippen molar-refractivity contribution >= 4 is 33.4 Å². The van der Waals surface area contributed by atoms with E-state index in [1.807, 2.05) is 6.92 Å². The standard InChI is InChI=1S/C14H11BrClFN2O/c1-8-4-11(13(16)18-6-8)14(20)19-7-9-2-3-10(15)5-12(9)17/h2-6H,7H2,1H3,(H,19,20). The molecule has 0 unspecified atom stereocenters. The molecule has 0 radical (unpaired) electrons. The fourth-order valence-electron chi connectivity index (χ4n) is 1.65. The van der Waals surface area contributed by atoms with Crippen LogP contribution >= 0.6 is 27.5 Å². The van der Waals surface area contributed by atoms with Crippen molar-refractivity contribution in [3.63, 3.8) is 0 Å². The predicted molar refractivity (Wildman–Crippen MR) is 79.3 cm³/mol. The van der Waals surface area contributed by atoms with E-state index in [0.717, 1.165) is 5.56 Å². The Morgan fingerprint density at radius 3 is 2.90 bits per heavy atom. The summed E-state index contributed by atoms with van der Waals surface area (Å²) in [7, 11) is 0. The van der Waals surface area contributed by atoms with Crippen molar-refractivity contribution < 1.29 is 9.18 Å². The first-order valence-corrected chi connectivity index (χ1v) is 6.99. The van der Waals surface area contributed by atoms with Gasteiger partial charge in [0.05, 0.1) is 5.56 Å². The highest BCUT2D eigenvalue weighted by atomic mass is 79.9. The topological polar surface area (TPSA) is 42.0 Å². The van der Waals surface area contributed by atoms with Gasteiger partial charge in [-0.15, -0.1) is 0 Å². The molecule has 0 saturated carbocycles. The summed E-state index contributed by atoms with van der Waals surface area (Å²) in [5, 5.41) is 2.75. The Labute approximate surface area is 129 Å². The summed E-state index contributed by atoms with van der Waals surface area (Å²) in [6.07, 6.45) is 1.58. The molecule has 0 spiro atoms. The lowest BCUT2D eigenvalue weighted by Gasteiger charge is -2.08. The van der Waals surface area contributed by atoms with E-state index in [0.29, 0.717) is 10.0 Å². The van der Waals surface area contributed by atoms with E-state index in [1.54, 1.807) is 24.4 Å². The second-order valence-electron chi connectivity index (χ2n) is 4.27. The molecule has 1 heterocycles.